The summed E-state index contributed by atoms with van der Waals surface area (Å²) in [4.78, 5) is 4.55. The molecule has 1 heteroatoms. The number of pyridine rings is 1. The van der Waals surface area contributed by atoms with E-state index < -0.39 is 0 Å². The zero-order chi connectivity index (χ0) is 16.1. The zero-order valence-electron chi connectivity index (χ0n) is 13.7. The van der Waals surface area contributed by atoms with Gasteiger partial charge in [0, 0.05) is 11.8 Å². The van der Waals surface area contributed by atoms with Gasteiger partial charge in [-0.2, -0.15) is 0 Å². The second-order valence-corrected chi connectivity index (χ2v) is 5.68. The molecule has 23 heavy (non-hydrogen) atoms. The van der Waals surface area contributed by atoms with Gasteiger partial charge in [-0.1, -0.05) is 73.7 Å². The fraction of sp³-hybridized carbons (Fsp3) is 0.136. The van der Waals surface area contributed by atoms with E-state index in [9.17, 15) is 0 Å². The van der Waals surface area contributed by atoms with Gasteiger partial charge in [0.05, 0.1) is 5.69 Å². The van der Waals surface area contributed by atoms with Crippen LogP contribution < -0.4 is 0 Å². The fourth-order valence-corrected chi connectivity index (χ4v) is 2.68. The zero-order valence-corrected chi connectivity index (χ0v) is 13.7. The van der Waals surface area contributed by atoms with E-state index in [0.717, 1.165) is 12.1 Å². The molecule has 1 nitrogen and oxygen atoms in total. The molecule has 0 unspecified atom stereocenters. The fourth-order valence-electron chi connectivity index (χ4n) is 2.68. The molecule has 3 aromatic rings. The molecule has 0 fully saturated rings. The second-order valence-electron chi connectivity index (χ2n) is 5.68. The molecule has 0 saturated heterocycles. The van der Waals surface area contributed by atoms with Gasteiger partial charge < -0.3 is 0 Å². The minimum absolute atomic E-state index is 1.05. The molecule has 0 radical (unpaired) electrons. The van der Waals surface area contributed by atoms with Crippen molar-refractivity contribution in [2.75, 3.05) is 0 Å². The molecule has 0 N–H and O–H groups in total. The van der Waals surface area contributed by atoms with E-state index in [1.165, 1.54) is 27.8 Å². The first-order valence-corrected chi connectivity index (χ1v) is 8.06. The summed E-state index contributed by atoms with van der Waals surface area (Å²) in [5, 5.41) is 0. The van der Waals surface area contributed by atoms with Crippen molar-refractivity contribution in [1.82, 2.24) is 4.98 Å². The molecule has 0 bridgehead atoms. The van der Waals surface area contributed by atoms with Gasteiger partial charge >= 0.3 is 0 Å². The van der Waals surface area contributed by atoms with Crippen molar-refractivity contribution in [3.05, 3.63) is 89.1 Å². The summed E-state index contributed by atoms with van der Waals surface area (Å²) in [6, 6.07) is 21.2. The molecule has 0 aliphatic heterocycles. The topological polar surface area (TPSA) is 12.9 Å². The Kier molecular flexibility index (Phi) is 4.68. The maximum Gasteiger partial charge on any atom is 0.0737 e. The largest absolute Gasteiger partial charge is 0.256 e. The molecule has 0 saturated carbocycles. The Bertz CT molecular complexity index is 813. The molecular weight excluding hydrogens is 278 g/mol. The van der Waals surface area contributed by atoms with E-state index in [4.69, 9.17) is 0 Å². The standard InChI is InChI=1S/C22H21N/c1-3-18-10-12-19(13-11-18)14-15-20-8-4-5-9-21(20)22-17(2)7-6-16-23-22/h4-16H,3H2,1-2H3/b15-14+. The molecule has 3 rings (SSSR count). The third-order valence-electron chi connectivity index (χ3n) is 4.07. The quantitative estimate of drug-likeness (QED) is 0.556. The number of rotatable bonds is 4. The van der Waals surface area contributed by atoms with E-state index in [2.05, 4.69) is 85.6 Å². The van der Waals surface area contributed by atoms with E-state index in [1.54, 1.807) is 0 Å². The molecule has 0 amide bonds. The summed E-state index contributed by atoms with van der Waals surface area (Å²) in [7, 11) is 0. The Morgan fingerprint density at radius 3 is 2.39 bits per heavy atom. The predicted octanol–water partition coefficient (Wildman–Crippen LogP) is 5.79. The lowest BCUT2D eigenvalue weighted by atomic mass is 10.00. The van der Waals surface area contributed by atoms with Crippen molar-refractivity contribution in [2.24, 2.45) is 0 Å². The van der Waals surface area contributed by atoms with Crippen LogP contribution in [0.25, 0.3) is 23.4 Å². The monoisotopic (exact) mass is 299 g/mol. The summed E-state index contributed by atoms with van der Waals surface area (Å²) in [5.74, 6) is 0. The van der Waals surface area contributed by atoms with Crippen LogP contribution in [0.3, 0.4) is 0 Å². The number of benzene rings is 2. The van der Waals surface area contributed by atoms with Crippen LogP contribution in [0.1, 0.15) is 29.2 Å². The SMILES string of the molecule is CCc1ccc(/C=C/c2ccccc2-c2ncccc2C)cc1. The third kappa shape index (κ3) is 3.57. The first-order chi connectivity index (χ1) is 11.3. The van der Waals surface area contributed by atoms with Crippen molar-refractivity contribution in [1.29, 1.82) is 0 Å². The van der Waals surface area contributed by atoms with Crippen LogP contribution in [-0.2, 0) is 6.42 Å². The summed E-state index contributed by atoms with van der Waals surface area (Å²) in [5.41, 5.74) is 7.19. The number of aryl methyl sites for hydroxylation is 2. The second kappa shape index (κ2) is 7.06. The number of hydrogen-bond acceptors (Lipinski definition) is 1. The molecule has 1 heterocycles. The van der Waals surface area contributed by atoms with Gasteiger partial charge in [0.15, 0.2) is 0 Å². The normalized spacial score (nSPS) is 11.0. The molecule has 0 spiro atoms. The summed E-state index contributed by atoms with van der Waals surface area (Å²) >= 11 is 0. The maximum atomic E-state index is 4.55. The predicted molar refractivity (Wildman–Crippen MR) is 99.2 cm³/mol. The van der Waals surface area contributed by atoms with Gasteiger partial charge in [0.1, 0.15) is 0 Å². The van der Waals surface area contributed by atoms with Crippen LogP contribution >= 0.6 is 0 Å². The van der Waals surface area contributed by atoms with Gasteiger partial charge in [0.2, 0.25) is 0 Å². The van der Waals surface area contributed by atoms with Crippen LogP contribution in [0, 0.1) is 6.92 Å². The third-order valence-corrected chi connectivity index (χ3v) is 4.07. The highest BCUT2D eigenvalue weighted by Gasteiger charge is 2.06. The van der Waals surface area contributed by atoms with Crippen molar-refractivity contribution in [3.63, 3.8) is 0 Å². The van der Waals surface area contributed by atoms with E-state index in [0.29, 0.717) is 0 Å². The average Bonchev–Trinajstić information content (AvgIpc) is 2.61. The number of nitrogens with zero attached hydrogens (tertiary/aromatic N) is 1. The van der Waals surface area contributed by atoms with Crippen LogP contribution in [0.4, 0.5) is 0 Å². The molecule has 114 valence electrons. The van der Waals surface area contributed by atoms with Gasteiger partial charge in [-0.05, 0) is 41.7 Å². The first kappa shape index (κ1) is 15.2. The Morgan fingerprint density at radius 1 is 0.870 bits per heavy atom. The van der Waals surface area contributed by atoms with Gasteiger partial charge in [-0.3, -0.25) is 4.98 Å². The molecule has 0 aliphatic rings. The summed E-state index contributed by atoms with van der Waals surface area (Å²) < 4.78 is 0. The molecular formula is C22H21N. The van der Waals surface area contributed by atoms with Crippen molar-refractivity contribution >= 4 is 12.2 Å². The van der Waals surface area contributed by atoms with E-state index >= 15 is 0 Å². The van der Waals surface area contributed by atoms with Crippen molar-refractivity contribution in [2.45, 2.75) is 20.3 Å². The number of hydrogen-bond donors (Lipinski definition) is 0. The lowest BCUT2D eigenvalue weighted by Gasteiger charge is -2.08. The Labute approximate surface area is 138 Å². The minimum atomic E-state index is 1.05. The van der Waals surface area contributed by atoms with Crippen molar-refractivity contribution in [3.8, 4) is 11.3 Å². The minimum Gasteiger partial charge on any atom is -0.256 e. The molecule has 2 aromatic carbocycles. The summed E-state index contributed by atoms with van der Waals surface area (Å²) in [6.07, 6.45) is 7.26. The highest BCUT2D eigenvalue weighted by molar-refractivity contribution is 5.80. The Morgan fingerprint density at radius 2 is 1.65 bits per heavy atom. The molecule has 0 aliphatic carbocycles. The van der Waals surface area contributed by atoms with Crippen LogP contribution in [0.15, 0.2) is 66.9 Å². The Hall–Kier alpha value is -2.67. The smallest absolute Gasteiger partial charge is 0.0737 e. The molecule has 0 atom stereocenters. The highest BCUT2D eigenvalue weighted by Crippen LogP contribution is 2.26. The maximum absolute atomic E-state index is 4.55. The van der Waals surface area contributed by atoms with Crippen LogP contribution in [0.2, 0.25) is 0 Å². The highest BCUT2D eigenvalue weighted by atomic mass is 14.7. The van der Waals surface area contributed by atoms with Gasteiger partial charge in [-0.15, -0.1) is 0 Å². The van der Waals surface area contributed by atoms with Gasteiger partial charge in [0.25, 0.3) is 0 Å². The number of aromatic nitrogens is 1. The summed E-state index contributed by atoms with van der Waals surface area (Å²) in [6.45, 7) is 4.28. The Balaban J connectivity index is 1.94. The van der Waals surface area contributed by atoms with Crippen molar-refractivity contribution < 1.29 is 0 Å². The van der Waals surface area contributed by atoms with E-state index in [-0.39, 0.29) is 0 Å². The van der Waals surface area contributed by atoms with Crippen LogP contribution in [0.5, 0.6) is 0 Å². The van der Waals surface area contributed by atoms with Gasteiger partial charge in [-0.25, -0.2) is 0 Å². The lowest BCUT2D eigenvalue weighted by molar-refractivity contribution is 1.14. The van der Waals surface area contributed by atoms with E-state index in [1.807, 2.05) is 12.3 Å². The first-order valence-electron chi connectivity index (χ1n) is 8.06. The average molecular weight is 299 g/mol. The lowest BCUT2D eigenvalue weighted by Crippen LogP contribution is -1.90. The van der Waals surface area contributed by atoms with Crippen LogP contribution in [-0.4, -0.2) is 4.98 Å². The molecule has 1 aromatic heterocycles.